The fourth-order valence-electron chi connectivity index (χ4n) is 1.82. The molecule has 1 aliphatic heterocycles. The molecule has 3 heteroatoms. The van der Waals surface area contributed by atoms with Crippen LogP contribution in [-0.2, 0) is 11.3 Å². The largest absolute Gasteiger partial charge is 0.379 e. The lowest BCUT2D eigenvalue weighted by atomic mass is 10.1. The first-order valence-corrected chi connectivity index (χ1v) is 5.31. The Kier molecular flexibility index (Phi) is 3.34. The second-order valence-electron chi connectivity index (χ2n) is 3.98. The smallest absolute Gasteiger partial charge is 0.127 e. The van der Waals surface area contributed by atoms with Crippen LogP contribution in [0.5, 0.6) is 0 Å². The van der Waals surface area contributed by atoms with Crippen LogP contribution in [0.1, 0.15) is 11.1 Å². The highest BCUT2D eigenvalue weighted by atomic mass is 19.1. The summed E-state index contributed by atoms with van der Waals surface area (Å²) in [4.78, 5) is 2.22. The molecule has 0 aromatic heterocycles. The van der Waals surface area contributed by atoms with Gasteiger partial charge in [-0.15, -0.1) is 0 Å². The lowest BCUT2D eigenvalue weighted by Crippen LogP contribution is -2.35. The van der Waals surface area contributed by atoms with Crippen molar-refractivity contribution < 1.29 is 9.13 Å². The topological polar surface area (TPSA) is 12.5 Å². The quantitative estimate of drug-likeness (QED) is 0.738. The molecule has 1 aliphatic rings. The highest BCUT2D eigenvalue weighted by Gasteiger charge is 2.12. The van der Waals surface area contributed by atoms with Gasteiger partial charge in [0.1, 0.15) is 5.82 Å². The third kappa shape index (κ3) is 2.76. The minimum atomic E-state index is -0.105. The molecule has 15 heavy (non-hydrogen) atoms. The highest BCUT2D eigenvalue weighted by Crippen LogP contribution is 2.13. The zero-order valence-electron chi connectivity index (χ0n) is 9.00. The molecular formula is C12H16FNO. The molecule has 0 unspecified atom stereocenters. The van der Waals surface area contributed by atoms with Crippen LogP contribution in [0.15, 0.2) is 18.2 Å². The molecule has 0 amide bonds. The summed E-state index contributed by atoms with van der Waals surface area (Å²) >= 11 is 0. The SMILES string of the molecule is Cc1ccc(F)c(CN2CCOCC2)c1. The molecule has 1 heterocycles. The van der Waals surface area contributed by atoms with Crippen LogP contribution < -0.4 is 0 Å². The van der Waals surface area contributed by atoms with E-state index in [9.17, 15) is 4.39 Å². The van der Waals surface area contributed by atoms with Crippen molar-refractivity contribution in [3.05, 3.63) is 35.1 Å². The van der Waals surface area contributed by atoms with E-state index in [2.05, 4.69) is 4.90 Å². The second-order valence-corrected chi connectivity index (χ2v) is 3.98. The second kappa shape index (κ2) is 4.73. The molecular weight excluding hydrogens is 193 g/mol. The number of aryl methyl sites for hydroxylation is 1. The van der Waals surface area contributed by atoms with Crippen molar-refractivity contribution >= 4 is 0 Å². The van der Waals surface area contributed by atoms with Gasteiger partial charge in [-0.1, -0.05) is 17.7 Å². The highest BCUT2D eigenvalue weighted by molar-refractivity contribution is 5.23. The Balaban J connectivity index is 2.05. The Morgan fingerprint density at radius 3 is 2.80 bits per heavy atom. The Hall–Kier alpha value is -0.930. The molecule has 0 saturated carbocycles. The zero-order chi connectivity index (χ0) is 10.7. The molecule has 0 radical (unpaired) electrons. The maximum absolute atomic E-state index is 13.5. The van der Waals surface area contributed by atoms with E-state index in [0.717, 1.165) is 37.4 Å². The van der Waals surface area contributed by atoms with Crippen LogP contribution in [0.4, 0.5) is 4.39 Å². The predicted molar refractivity (Wildman–Crippen MR) is 57.2 cm³/mol. The van der Waals surface area contributed by atoms with E-state index in [-0.39, 0.29) is 5.82 Å². The van der Waals surface area contributed by atoms with Gasteiger partial charge in [0.05, 0.1) is 13.2 Å². The molecule has 1 aromatic rings. The fourth-order valence-corrected chi connectivity index (χ4v) is 1.82. The van der Waals surface area contributed by atoms with Crippen molar-refractivity contribution in [2.24, 2.45) is 0 Å². The van der Waals surface area contributed by atoms with Crippen LogP contribution in [0, 0.1) is 12.7 Å². The number of hydrogen-bond acceptors (Lipinski definition) is 2. The van der Waals surface area contributed by atoms with E-state index in [1.54, 1.807) is 12.1 Å². The van der Waals surface area contributed by atoms with Crippen LogP contribution in [0.25, 0.3) is 0 Å². The Labute approximate surface area is 89.7 Å². The number of rotatable bonds is 2. The molecule has 0 spiro atoms. The van der Waals surface area contributed by atoms with Crippen molar-refractivity contribution in [3.63, 3.8) is 0 Å². The van der Waals surface area contributed by atoms with Crippen LogP contribution in [0.3, 0.4) is 0 Å². The van der Waals surface area contributed by atoms with Crippen LogP contribution in [-0.4, -0.2) is 31.2 Å². The summed E-state index contributed by atoms with van der Waals surface area (Å²) in [6.45, 7) is 5.99. The lowest BCUT2D eigenvalue weighted by Gasteiger charge is -2.26. The van der Waals surface area contributed by atoms with Gasteiger partial charge >= 0.3 is 0 Å². The normalized spacial score (nSPS) is 18.0. The Bertz CT molecular complexity index is 334. The molecule has 2 nitrogen and oxygen atoms in total. The summed E-state index contributed by atoms with van der Waals surface area (Å²) in [5.74, 6) is -0.105. The molecule has 0 atom stereocenters. The van der Waals surface area contributed by atoms with Crippen molar-refractivity contribution in [1.82, 2.24) is 4.90 Å². The van der Waals surface area contributed by atoms with E-state index in [1.807, 2.05) is 13.0 Å². The first-order chi connectivity index (χ1) is 7.25. The minimum absolute atomic E-state index is 0.105. The number of hydrogen-bond donors (Lipinski definition) is 0. The average Bonchev–Trinajstić information content (AvgIpc) is 2.25. The summed E-state index contributed by atoms with van der Waals surface area (Å²) in [6, 6.07) is 5.27. The zero-order valence-corrected chi connectivity index (χ0v) is 9.00. The third-order valence-electron chi connectivity index (χ3n) is 2.70. The van der Waals surface area contributed by atoms with Gasteiger partial charge in [-0.2, -0.15) is 0 Å². The van der Waals surface area contributed by atoms with Crippen molar-refractivity contribution in [2.45, 2.75) is 13.5 Å². The number of benzene rings is 1. The minimum Gasteiger partial charge on any atom is -0.379 e. The first kappa shape index (κ1) is 10.6. The summed E-state index contributed by atoms with van der Waals surface area (Å²) in [5.41, 5.74) is 1.90. The molecule has 82 valence electrons. The summed E-state index contributed by atoms with van der Waals surface area (Å²) in [6.07, 6.45) is 0. The van der Waals surface area contributed by atoms with Gasteiger partial charge in [0, 0.05) is 25.2 Å². The van der Waals surface area contributed by atoms with Crippen molar-refractivity contribution in [1.29, 1.82) is 0 Å². The van der Waals surface area contributed by atoms with E-state index in [1.165, 1.54) is 0 Å². The maximum Gasteiger partial charge on any atom is 0.127 e. The molecule has 1 fully saturated rings. The average molecular weight is 209 g/mol. The van der Waals surface area contributed by atoms with E-state index in [0.29, 0.717) is 6.54 Å². The molecule has 2 rings (SSSR count). The fraction of sp³-hybridized carbons (Fsp3) is 0.500. The number of morpholine rings is 1. The maximum atomic E-state index is 13.5. The van der Waals surface area contributed by atoms with Gasteiger partial charge in [-0.3, -0.25) is 4.90 Å². The summed E-state index contributed by atoms with van der Waals surface area (Å²) in [7, 11) is 0. The van der Waals surface area contributed by atoms with Gasteiger partial charge in [0.2, 0.25) is 0 Å². The Morgan fingerprint density at radius 1 is 1.33 bits per heavy atom. The Morgan fingerprint density at radius 2 is 2.07 bits per heavy atom. The van der Waals surface area contributed by atoms with E-state index < -0.39 is 0 Å². The van der Waals surface area contributed by atoms with E-state index in [4.69, 9.17) is 4.74 Å². The van der Waals surface area contributed by atoms with Gasteiger partial charge in [0.15, 0.2) is 0 Å². The van der Waals surface area contributed by atoms with Gasteiger partial charge in [0.25, 0.3) is 0 Å². The number of nitrogens with zero attached hydrogens (tertiary/aromatic N) is 1. The summed E-state index contributed by atoms with van der Waals surface area (Å²) in [5, 5.41) is 0. The van der Waals surface area contributed by atoms with Crippen LogP contribution in [0.2, 0.25) is 0 Å². The van der Waals surface area contributed by atoms with Gasteiger partial charge < -0.3 is 4.74 Å². The molecule has 0 aliphatic carbocycles. The number of ether oxygens (including phenoxy) is 1. The van der Waals surface area contributed by atoms with Crippen molar-refractivity contribution in [2.75, 3.05) is 26.3 Å². The first-order valence-electron chi connectivity index (χ1n) is 5.31. The van der Waals surface area contributed by atoms with Gasteiger partial charge in [-0.25, -0.2) is 4.39 Å². The monoisotopic (exact) mass is 209 g/mol. The van der Waals surface area contributed by atoms with Crippen molar-refractivity contribution in [3.8, 4) is 0 Å². The van der Waals surface area contributed by atoms with Crippen LogP contribution >= 0.6 is 0 Å². The molecule has 1 aromatic carbocycles. The number of halogens is 1. The molecule has 0 bridgehead atoms. The summed E-state index contributed by atoms with van der Waals surface area (Å²) < 4.78 is 18.7. The van der Waals surface area contributed by atoms with E-state index >= 15 is 0 Å². The predicted octanol–water partition coefficient (Wildman–Crippen LogP) is 1.97. The standard InChI is InChI=1S/C12H16FNO/c1-10-2-3-12(13)11(8-10)9-14-4-6-15-7-5-14/h2-3,8H,4-7,9H2,1H3. The van der Waals surface area contributed by atoms with Gasteiger partial charge in [-0.05, 0) is 13.0 Å². The molecule has 1 saturated heterocycles. The lowest BCUT2D eigenvalue weighted by molar-refractivity contribution is 0.0337. The third-order valence-corrected chi connectivity index (χ3v) is 2.70. The molecule has 0 N–H and O–H groups in total.